The van der Waals surface area contributed by atoms with Crippen LogP contribution in [0.25, 0.3) is 0 Å². The summed E-state index contributed by atoms with van der Waals surface area (Å²) < 4.78 is 4.55. The molecule has 0 aromatic carbocycles. The first-order valence-electron chi connectivity index (χ1n) is 6.84. The van der Waals surface area contributed by atoms with Crippen molar-refractivity contribution in [3.05, 3.63) is 22.4 Å². The van der Waals surface area contributed by atoms with E-state index in [-0.39, 0.29) is 11.5 Å². The third kappa shape index (κ3) is 6.30. The number of Topliss-reactive ketones (excluding diaryl/α,β-unsaturated/α-hetero) is 1. The molecule has 1 aromatic rings. The molecule has 0 saturated carbocycles. The van der Waals surface area contributed by atoms with E-state index in [1.807, 2.05) is 38.3 Å². The molecule has 5 heteroatoms. The van der Waals surface area contributed by atoms with Gasteiger partial charge in [0, 0.05) is 5.92 Å². The molecule has 112 valence electrons. The Morgan fingerprint density at radius 3 is 2.45 bits per heavy atom. The van der Waals surface area contributed by atoms with Crippen molar-refractivity contribution in [2.24, 2.45) is 5.92 Å². The van der Waals surface area contributed by atoms with E-state index in [0.29, 0.717) is 12.3 Å². The van der Waals surface area contributed by atoms with Crippen molar-refractivity contribution in [1.29, 1.82) is 0 Å². The first kappa shape index (κ1) is 16.9. The molecular weight excluding hydrogens is 274 g/mol. The Morgan fingerprint density at radius 1 is 1.40 bits per heavy atom. The highest BCUT2D eigenvalue weighted by atomic mass is 32.1. The fraction of sp³-hybridized carbons (Fsp3) is 0.600. The summed E-state index contributed by atoms with van der Waals surface area (Å²) in [6.45, 7) is 7.90. The molecule has 0 radical (unpaired) electrons. The van der Waals surface area contributed by atoms with E-state index in [4.69, 9.17) is 0 Å². The zero-order valence-electron chi connectivity index (χ0n) is 12.3. The Hall–Kier alpha value is -1.20. The van der Waals surface area contributed by atoms with Gasteiger partial charge in [-0.3, -0.25) is 9.59 Å². The van der Waals surface area contributed by atoms with Crippen LogP contribution in [-0.4, -0.2) is 30.9 Å². The van der Waals surface area contributed by atoms with E-state index >= 15 is 0 Å². The molecule has 0 aliphatic carbocycles. The van der Waals surface area contributed by atoms with Crippen molar-refractivity contribution in [1.82, 2.24) is 5.32 Å². The minimum Gasteiger partial charge on any atom is -0.462 e. The van der Waals surface area contributed by atoms with Gasteiger partial charge in [-0.25, -0.2) is 0 Å². The van der Waals surface area contributed by atoms with Crippen molar-refractivity contribution >= 4 is 23.6 Å². The highest BCUT2D eigenvalue weighted by Crippen LogP contribution is 2.20. The number of nitrogens with one attached hydrogen (secondary N) is 1. The third-order valence-electron chi connectivity index (χ3n) is 2.88. The van der Waals surface area contributed by atoms with Crippen LogP contribution in [0.3, 0.4) is 0 Å². The lowest BCUT2D eigenvalue weighted by atomic mass is 9.93. The van der Waals surface area contributed by atoms with Crippen LogP contribution in [0.5, 0.6) is 0 Å². The van der Waals surface area contributed by atoms with Crippen molar-refractivity contribution in [2.45, 2.75) is 39.2 Å². The number of thiophene rings is 1. The molecule has 1 N–H and O–H groups in total. The highest BCUT2D eigenvalue weighted by molar-refractivity contribution is 7.12. The number of hydrogen-bond donors (Lipinski definition) is 1. The summed E-state index contributed by atoms with van der Waals surface area (Å²) in [6.07, 6.45) is 1.99. The lowest BCUT2D eigenvalue weighted by Crippen LogP contribution is -2.31. The van der Waals surface area contributed by atoms with Crippen LogP contribution in [0.4, 0.5) is 0 Å². The van der Waals surface area contributed by atoms with Gasteiger partial charge in [0.05, 0.1) is 4.88 Å². The maximum Gasteiger partial charge on any atom is 0.293 e. The minimum atomic E-state index is -0.318. The summed E-state index contributed by atoms with van der Waals surface area (Å²) in [5, 5.41) is 5.23. The fourth-order valence-corrected chi connectivity index (χ4v) is 2.59. The highest BCUT2D eigenvalue weighted by Gasteiger charge is 2.22. The average molecular weight is 297 g/mol. The molecule has 0 amide bonds. The monoisotopic (exact) mass is 297 g/mol. The number of rotatable bonds is 3. The smallest absolute Gasteiger partial charge is 0.293 e. The third-order valence-corrected chi connectivity index (χ3v) is 3.76. The lowest BCUT2D eigenvalue weighted by molar-refractivity contribution is -0.138. The first-order valence-corrected chi connectivity index (χ1v) is 7.72. The maximum atomic E-state index is 11.8. The summed E-state index contributed by atoms with van der Waals surface area (Å²) in [4.78, 5) is 22.4. The van der Waals surface area contributed by atoms with E-state index in [0.717, 1.165) is 30.8 Å². The maximum absolute atomic E-state index is 11.8. The molecule has 1 aromatic heterocycles. The van der Waals surface area contributed by atoms with Gasteiger partial charge in [0.25, 0.3) is 6.47 Å². The number of carbonyl (C=O) groups is 2. The Balaban J connectivity index is 0.000000246. The van der Waals surface area contributed by atoms with Crippen molar-refractivity contribution in [3.8, 4) is 0 Å². The van der Waals surface area contributed by atoms with Crippen LogP contribution < -0.4 is 5.32 Å². The normalized spacial score (nSPS) is 15.9. The van der Waals surface area contributed by atoms with E-state index in [9.17, 15) is 9.59 Å². The number of piperidine rings is 1. The molecule has 0 atom stereocenters. The molecule has 20 heavy (non-hydrogen) atoms. The SMILES string of the molecule is CC(C)(C)OC=O.O=C(c1cccs1)C1CCNCC1. The van der Waals surface area contributed by atoms with Gasteiger partial charge < -0.3 is 10.1 Å². The van der Waals surface area contributed by atoms with Crippen LogP contribution in [-0.2, 0) is 9.53 Å². The summed E-state index contributed by atoms with van der Waals surface area (Å²) >= 11 is 1.55. The fourth-order valence-electron chi connectivity index (χ4n) is 1.85. The molecule has 0 bridgehead atoms. The van der Waals surface area contributed by atoms with E-state index in [1.165, 1.54) is 0 Å². The quantitative estimate of drug-likeness (QED) is 0.688. The summed E-state index contributed by atoms with van der Waals surface area (Å²) in [7, 11) is 0. The molecule has 1 aliphatic heterocycles. The Morgan fingerprint density at radius 2 is 2.05 bits per heavy atom. The zero-order valence-corrected chi connectivity index (χ0v) is 13.2. The molecule has 4 nitrogen and oxygen atoms in total. The largest absolute Gasteiger partial charge is 0.462 e. The van der Waals surface area contributed by atoms with Gasteiger partial charge in [-0.05, 0) is 58.1 Å². The molecule has 1 saturated heterocycles. The summed E-state index contributed by atoms with van der Waals surface area (Å²) in [6, 6.07) is 3.87. The predicted molar refractivity (Wildman–Crippen MR) is 81.1 cm³/mol. The van der Waals surface area contributed by atoms with Gasteiger partial charge in [-0.1, -0.05) is 6.07 Å². The summed E-state index contributed by atoms with van der Waals surface area (Å²) in [5.74, 6) is 0.608. The van der Waals surface area contributed by atoms with Crippen LogP contribution in [0.1, 0.15) is 43.3 Å². The van der Waals surface area contributed by atoms with E-state index < -0.39 is 0 Å². The Labute approximate surface area is 124 Å². The van der Waals surface area contributed by atoms with Gasteiger partial charge in [-0.15, -0.1) is 11.3 Å². The van der Waals surface area contributed by atoms with Crippen molar-refractivity contribution < 1.29 is 14.3 Å². The number of ether oxygens (including phenoxy) is 1. The second-order valence-corrected chi connectivity index (χ2v) is 6.64. The molecule has 2 heterocycles. The molecule has 0 unspecified atom stereocenters. The van der Waals surface area contributed by atoms with Gasteiger partial charge in [0.2, 0.25) is 0 Å². The zero-order chi connectivity index (χ0) is 15.0. The van der Waals surface area contributed by atoms with Gasteiger partial charge in [-0.2, -0.15) is 0 Å². The second kappa shape index (κ2) is 8.17. The van der Waals surface area contributed by atoms with E-state index in [1.54, 1.807) is 11.3 Å². The molecular formula is C15H23NO3S. The minimum absolute atomic E-state index is 0.264. The summed E-state index contributed by atoms with van der Waals surface area (Å²) in [5.41, 5.74) is -0.318. The lowest BCUT2D eigenvalue weighted by Gasteiger charge is -2.20. The van der Waals surface area contributed by atoms with Crippen LogP contribution >= 0.6 is 11.3 Å². The van der Waals surface area contributed by atoms with Gasteiger partial charge in [0.1, 0.15) is 5.60 Å². The predicted octanol–water partition coefficient (Wildman–Crippen LogP) is 2.89. The molecule has 1 fully saturated rings. The number of ketones is 1. The first-order chi connectivity index (χ1) is 9.44. The van der Waals surface area contributed by atoms with Gasteiger partial charge >= 0.3 is 0 Å². The Kier molecular flexibility index (Phi) is 6.88. The van der Waals surface area contributed by atoms with Gasteiger partial charge in [0.15, 0.2) is 5.78 Å². The Bertz CT molecular complexity index is 403. The molecule has 0 spiro atoms. The standard InChI is InChI=1S/C10H13NOS.C5H10O2/c12-10(9-2-1-7-13-9)8-3-5-11-6-4-8;1-5(2,3)7-4-6/h1-2,7-8,11H,3-6H2;4H,1-3H3. The second-order valence-electron chi connectivity index (χ2n) is 5.69. The number of carbonyl (C=O) groups excluding carboxylic acids is 2. The van der Waals surface area contributed by atoms with Crippen LogP contribution in [0.15, 0.2) is 17.5 Å². The topological polar surface area (TPSA) is 55.4 Å². The molecule has 1 aliphatic rings. The van der Waals surface area contributed by atoms with Crippen LogP contribution in [0, 0.1) is 5.92 Å². The van der Waals surface area contributed by atoms with Crippen LogP contribution in [0.2, 0.25) is 0 Å². The number of hydrogen-bond acceptors (Lipinski definition) is 5. The average Bonchev–Trinajstić information content (AvgIpc) is 2.92. The van der Waals surface area contributed by atoms with E-state index in [2.05, 4.69) is 10.1 Å². The van der Waals surface area contributed by atoms with Crippen molar-refractivity contribution in [2.75, 3.05) is 13.1 Å². The molecule has 2 rings (SSSR count). The van der Waals surface area contributed by atoms with Crippen molar-refractivity contribution in [3.63, 3.8) is 0 Å².